The van der Waals surface area contributed by atoms with Gasteiger partial charge in [-0.25, -0.2) is 8.42 Å². The van der Waals surface area contributed by atoms with Crippen molar-refractivity contribution < 1.29 is 8.42 Å². The summed E-state index contributed by atoms with van der Waals surface area (Å²) in [5.41, 5.74) is 6.07. The number of hydrogen-bond donors (Lipinski definition) is 2. The lowest BCUT2D eigenvalue weighted by molar-refractivity contribution is 0.0801. The summed E-state index contributed by atoms with van der Waals surface area (Å²) in [7, 11) is -1.41. The molecule has 0 unspecified atom stereocenters. The Hall–Kier alpha value is -0.890. The van der Waals surface area contributed by atoms with Gasteiger partial charge in [0, 0.05) is 43.6 Å². The lowest BCUT2D eigenvalue weighted by Gasteiger charge is -2.44. The summed E-state index contributed by atoms with van der Waals surface area (Å²) in [6.07, 6.45) is 1.52. The molecule has 0 bridgehead atoms. The zero-order chi connectivity index (χ0) is 14.3. The second-order valence-corrected chi connectivity index (χ2v) is 7.58. The van der Waals surface area contributed by atoms with Crippen molar-refractivity contribution in [2.45, 2.75) is 30.8 Å². The molecule has 0 amide bonds. The van der Waals surface area contributed by atoms with E-state index >= 15 is 0 Å². The van der Waals surface area contributed by atoms with E-state index in [-0.39, 0.29) is 5.54 Å². The molecule has 6 nitrogen and oxygen atoms in total. The van der Waals surface area contributed by atoms with Crippen molar-refractivity contribution in [1.82, 2.24) is 14.2 Å². The van der Waals surface area contributed by atoms with Crippen LogP contribution in [0.5, 0.6) is 0 Å². The number of piperazine rings is 1. The van der Waals surface area contributed by atoms with Crippen molar-refractivity contribution in [1.29, 1.82) is 0 Å². The number of sulfonamides is 1. The molecule has 0 saturated carbocycles. The van der Waals surface area contributed by atoms with Crippen molar-refractivity contribution in [3.8, 4) is 0 Å². The summed E-state index contributed by atoms with van der Waals surface area (Å²) in [5.74, 6) is 0. The molecule has 1 fully saturated rings. The maximum Gasteiger partial charge on any atom is 0.244 e. The van der Waals surface area contributed by atoms with Crippen LogP contribution in [-0.2, 0) is 16.6 Å². The van der Waals surface area contributed by atoms with Crippen molar-refractivity contribution in [3.05, 3.63) is 18.0 Å². The molecular weight excluding hydrogens is 264 g/mol. The molecule has 1 aliphatic rings. The average Bonchev–Trinajstić information content (AvgIpc) is 2.81. The standard InChI is InChI=1S/C12H22N4O2S/c1-12(2)9-16(5-4-15(12)3)19(17,18)11-6-10(7-13)14-8-11/h6,8,14H,4-5,7,9,13H2,1-3H3. The number of nitrogens with two attached hydrogens (primary N) is 1. The molecule has 0 aliphatic carbocycles. The lowest BCUT2D eigenvalue weighted by atomic mass is 10.0. The molecule has 0 spiro atoms. The summed E-state index contributed by atoms with van der Waals surface area (Å²) in [6, 6.07) is 1.61. The largest absolute Gasteiger partial charge is 0.363 e. The van der Waals surface area contributed by atoms with E-state index in [1.165, 1.54) is 6.20 Å². The van der Waals surface area contributed by atoms with E-state index in [1.54, 1.807) is 10.4 Å². The van der Waals surface area contributed by atoms with Crippen molar-refractivity contribution in [2.24, 2.45) is 5.73 Å². The van der Waals surface area contributed by atoms with Crippen LogP contribution in [-0.4, -0.2) is 54.8 Å². The molecule has 2 rings (SSSR count). The number of nitrogens with zero attached hydrogens (tertiary/aromatic N) is 2. The molecule has 1 saturated heterocycles. The van der Waals surface area contributed by atoms with Gasteiger partial charge in [-0.05, 0) is 27.0 Å². The number of aromatic nitrogens is 1. The maximum absolute atomic E-state index is 12.6. The highest BCUT2D eigenvalue weighted by atomic mass is 32.2. The predicted octanol–water partition coefficient (Wildman–Crippen LogP) is 0.188. The topological polar surface area (TPSA) is 82.4 Å². The highest BCUT2D eigenvalue weighted by Gasteiger charge is 2.37. The summed E-state index contributed by atoms with van der Waals surface area (Å²) >= 11 is 0. The Balaban J connectivity index is 2.25. The molecule has 0 aromatic carbocycles. The maximum atomic E-state index is 12.6. The van der Waals surface area contributed by atoms with Crippen molar-refractivity contribution in [3.63, 3.8) is 0 Å². The molecule has 7 heteroatoms. The fourth-order valence-corrected chi connectivity index (χ4v) is 3.84. The number of H-pyrrole nitrogens is 1. The normalized spacial score (nSPS) is 21.7. The third kappa shape index (κ3) is 2.69. The molecule has 2 heterocycles. The summed E-state index contributed by atoms with van der Waals surface area (Å²) in [6.45, 7) is 6.17. The van der Waals surface area contributed by atoms with Crippen LogP contribution in [0.1, 0.15) is 19.5 Å². The minimum atomic E-state index is -3.43. The third-order valence-corrected chi connectivity index (χ3v) is 5.68. The van der Waals surface area contributed by atoms with Crippen LogP contribution in [0, 0.1) is 0 Å². The Morgan fingerprint density at radius 3 is 2.63 bits per heavy atom. The van der Waals surface area contributed by atoms with E-state index in [9.17, 15) is 8.42 Å². The molecule has 19 heavy (non-hydrogen) atoms. The van der Waals surface area contributed by atoms with Gasteiger partial charge in [0.1, 0.15) is 0 Å². The van der Waals surface area contributed by atoms with Gasteiger partial charge in [-0.2, -0.15) is 4.31 Å². The van der Waals surface area contributed by atoms with E-state index in [0.29, 0.717) is 24.5 Å². The number of aromatic amines is 1. The molecule has 0 radical (unpaired) electrons. The first-order chi connectivity index (χ1) is 8.77. The van der Waals surface area contributed by atoms with Gasteiger partial charge >= 0.3 is 0 Å². The van der Waals surface area contributed by atoms with E-state index in [4.69, 9.17) is 5.73 Å². The van der Waals surface area contributed by atoms with Crippen LogP contribution in [0.4, 0.5) is 0 Å². The van der Waals surface area contributed by atoms with Crippen molar-refractivity contribution >= 4 is 10.0 Å². The first-order valence-corrected chi connectivity index (χ1v) is 7.80. The van der Waals surface area contributed by atoms with Crippen LogP contribution in [0.25, 0.3) is 0 Å². The lowest BCUT2D eigenvalue weighted by Crippen LogP contribution is -2.58. The second kappa shape index (κ2) is 4.90. The number of nitrogens with one attached hydrogen (secondary N) is 1. The number of rotatable bonds is 3. The smallest absolute Gasteiger partial charge is 0.244 e. The minimum Gasteiger partial charge on any atom is -0.363 e. The molecule has 1 aliphatic heterocycles. The van der Waals surface area contributed by atoms with Gasteiger partial charge in [0.15, 0.2) is 0 Å². The highest BCUT2D eigenvalue weighted by Crippen LogP contribution is 2.25. The fraction of sp³-hybridized carbons (Fsp3) is 0.667. The quantitative estimate of drug-likeness (QED) is 0.831. The van der Waals surface area contributed by atoms with Gasteiger partial charge < -0.3 is 10.7 Å². The molecule has 0 atom stereocenters. The number of likely N-dealkylation sites (N-methyl/N-ethyl adjacent to an activating group) is 1. The first kappa shape index (κ1) is 14.5. The minimum absolute atomic E-state index is 0.154. The highest BCUT2D eigenvalue weighted by molar-refractivity contribution is 7.89. The zero-order valence-corrected chi connectivity index (χ0v) is 12.5. The number of hydrogen-bond acceptors (Lipinski definition) is 4. The second-order valence-electron chi connectivity index (χ2n) is 5.64. The van der Waals surface area contributed by atoms with Gasteiger partial charge in [0.25, 0.3) is 0 Å². The predicted molar refractivity (Wildman–Crippen MR) is 74.2 cm³/mol. The Morgan fingerprint density at radius 1 is 1.42 bits per heavy atom. The monoisotopic (exact) mass is 286 g/mol. The Kier molecular flexibility index (Phi) is 3.74. The van der Waals surface area contributed by atoms with Gasteiger partial charge in [-0.15, -0.1) is 0 Å². The van der Waals surface area contributed by atoms with Gasteiger partial charge in [0.2, 0.25) is 10.0 Å². The van der Waals surface area contributed by atoms with Crippen LogP contribution >= 0.6 is 0 Å². The molecule has 1 aromatic rings. The summed E-state index contributed by atoms with van der Waals surface area (Å²) in [5, 5.41) is 0. The van der Waals surface area contributed by atoms with Crippen LogP contribution < -0.4 is 5.73 Å². The molecular formula is C12H22N4O2S. The van der Waals surface area contributed by atoms with Gasteiger partial charge in [0.05, 0.1) is 4.90 Å². The molecule has 1 aromatic heterocycles. The summed E-state index contributed by atoms with van der Waals surface area (Å²) < 4.78 is 26.7. The zero-order valence-electron chi connectivity index (χ0n) is 11.7. The molecule has 3 N–H and O–H groups in total. The Bertz CT molecular complexity index is 550. The van der Waals surface area contributed by atoms with E-state index in [0.717, 1.165) is 12.2 Å². The first-order valence-electron chi connectivity index (χ1n) is 6.36. The SMILES string of the molecule is CN1CCN(S(=O)(=O)c2c[nH]c(CN)c2)CC1(C)C. The molecule has 108 valence electrons. The average molecular weight is 286 g/mol. The van der Waals surface area contributed by atoms with Crippen LogP contribution in [0.3, 0.4) is 0 Å². The Morgan fingerprint density at radius 2 is 2.11 bits per heavy atom. The van der Waals surface area contributed by atoms with E-state index in [1.807, 2.05) is 7.05 Å². The van der Waals surface area contributed by atoms with Gasteiger partial charge in [-0.1, -0.05) is 0 Å². The van der Waals surface area contributed by atoms with E-state index in [2.05, 4.69) is 23.7 Å². The Labute approximate surface area is 114 Å². The fourth-order valence-electron chi connectivity index (χ4n) is 2.24. The summed E-state index contributed by atoms with van der Waals surface area (Å²) in [4.78, 5) is 5.37. The third-order valence-electron chi connectivity index (χ3n) is 3.86. The van der Waals surface area contributed by atoms with E-state index < -0.39 is 10.0 Å². The van der Waals surface area contributed by atoms with Crippen LogP contribution in [0.15, 0.2) is 17.2 Å². The van der Waals surface area contributed by atoms with Gasteiger partial charge in [-0.3, -0.25) is 4.90 Å². The van der Waals surface area contributed by atoms with Crippen LogP contribution in [0.2, 0.25) is 0 Å². The van der Waals surface area contributed by atoms with Crippen molar-refractivity contribution in [2.75, 3.05) is 26.7 Å².